The Hall–Kier alpha value is -1.07. The van der Waals surface area contributed by atoms with Crippen molar-refractivity contribution in [3.05, 3.63) is 47.5 Å². The van der Waals surface area contributed by atoms with Crippen LogP contribution in [0.4, 0.5) is 0 Å². The first kappa shape index (κ1) is 22.0. The van der Waals surface area contributed by atoms with Crippen molar-refractivity contribution in [2.75, 3.05) is 26.2 Å². The zero-order valence-electron chi connectivity index (χ0n) is 14.6. The average molecular weight is 386 g/mol. The lowest BCUT2D eigenvalue weighted by Gasteiger charge is -2.34. The molecule has 1 saturated heterocycles. The van der Waals surface area contributed by atoms with Crippen LogP contribution in [0.25, 0.3) is 0 Å². The van der Waals surface area contributed by atoms with Gasteiger partial charge in [-0.15, -0.1) is 24.8 Å². The molecule has 0 aromatic heterocycles. The predicted molar refractivity (Wildman–Crippen MR) is 108 cm³/mol. The first-order valence-corrected chi connectivity index (χ1v) is 8.77. The van der Waals surface area contributed by atoms with Crippen LogP contribution < -0.4 is 10.6 Å². The highest BCUT2D eigenvalue weighted by molar-refractivity contribution is 5.85. The van der Waals surface area contributed by atoms with Crippen molar-refractivity contribution >= 4 is 30.7 Å². The molecule has 0 spiro atoms. The van der Waals surface area contributed by atoms with Crippen molar-refractivity contribution in [3.8, 4) is 0 Å². The molecule has 2 aliphatic heterocycles. The van der Waals surface area contributed by atoms with Gasteiger partial charge in [-0.1, -0.05) is 48.4 Å². The Morgan fingerprint density at radius 2 is 2.00 bits per heavy atom. The van der Waals surface area contributed by atoms with Crippen LogP contribution in [-0.4, -0.2) is 43.0 Å². The number of carbonyl (C=O) groups is 1. The van der Waals surface area contributed by atoms with Gasteiger partial charge in [-0.2, -0.15) is 0 Å². The molecule has 3 rings (SSSR count). The fraction of sp³-hybridized carbons (Fsp3) is 0.526. The van der Waals surface area contributed by atoms with E-state index in [1.807, 2.05) is 6.07 Å². The van der Waals surface area contributed by atoms with E-state index in [9.17, 15) is 4.79 Å². The van der Waals surface area contributed by atoms with Gasteiger partial charge < -0.3 is 10.6 Å². The molecule has 1 aromatic carbocycles. The maximum Gasteiger partial charge on any atom is 0.237 e. The van der Waals surface area contributed by atoms with Gasteiger partial charge in [0.25, 0.3) is 0 Å². The lowest BCUT2D eigenvalue weighted by atomic mass is 10.00. The lowest BCUT2D eigenvalue weighted by molar-refractivity contribution is -0.127. The van der Waals surface area contributed by atoms with Crippen LogP contribution in [0.1, 0.15) is 31.2 Å². The molecule has 0 saturated carbocycles. The minimum atomic E-state index is 0. The van der Waals surface area contributed by atoms with Gasteiger partial charge >= 0.3 is 0 Å². The number of nitrogens with zero attached hydrogens (tertiary/aromatic N) is 1. The highest BCUT2D eigenvalue weighted by Crippen LogP contribution is 2.20. The molecule has 2 aliphatic rings. The highest BCUT2D eigenvalue weighted by atomic mass is 35.5. The minimum Gasteiger partial charge on any atom is -0.351 e. The number of piperidine rings is 1. The number of carbonyl (C=O) groups excluding carboxylic acids is 1. The molecule has 0 aliphatic carbocycles. The average Bonchev–Trinajstić information content (AvgIpc) is 2.62. The third kappa shape index (κ3) is 6.63. The number of rotatable bonds is 5. The summed E-state index contributed by atoms with van der Waals surface area (Å²) >= 11 is 0. The molecule has 140 valence electrons. The molecule has 0 bridgehead atoms. The number of benzene rings is 1. The first-order valence-electron chi connectivity index (χ1n) is 8.77. The summed E-state index contributed by atoms with van der Waals surface area (Å²) in [6.45, 7) is 4.53. The van der Waals surface area contributed by atoms with Crippen LogP contribution in [0.15, 0.2) is 42.0 Å². The Labute approximate surface area is 163 Å². The van der Waals surface area contributed by atoms with Crippen molar-refractivity contribution in [2.24, 2.45) is 0 Å². The van der Waals surface area contributed by atoms with E-state index in [-0.39, 0.29) is 36.8 Å². The number of likely N-dealkylation sites (tertiary alicyclic amines) is 1. The topological polar surface area (TPSA) is 44.4 Å². The summed E-state index contributed by atoms with van der Waals surface area (Å²) in [4.78, 5) is 15.0. The number of halogens is 2. The van der Waals surface area contributed by atoms with Gasteiger partial charge in [0.2, 0.25) is 5.91 Å². The van der Waals surface area contributed by atoms with E-state index in [1.165, 1.54) is 17.6 Å². The summed E-state index contributed by atoms with van der Waals surface area (Å²) in [5.74, 6) is 0.195. The second-order valence-corrected chi connectivity index (χ2v) is 6.50. The quantitative estimate of drug-likeness (QED) is 0.765. The Balaban J connectivity index is 0.00000156. The number of amides is 1. The molecule has 1 fully saturated rings. The standard InChI is InChI=1S/C19H27N3O.2ClH/c23-19(21-14-16-9-11-20-12-10-16)18-8-4-5-13-22(18)15-17-6-2-1-3-7-17;;/h1-3,6-7,9,18,20H,4-5,8,10-15H2,(H,21,23);2*1H. The molecular formula is C19H29Cl2N3O. The lowest BCUT2D eigenvalue weighted by Crippen LogP contribution is -2.49. The molecule has 2 N–H and O–H groups in total. The molecule has 6 heteroatoms. The first-order chi connectivity index (χ1) is 11.3. The van der Waals surface area contributed by atoms with Crippen molar-refractivity contribution in [1.82, 2.24) is 15.5 Å². The SMILES string of the molecule is Cl.Cl.O=C(NCC1=CCNCC1)C1CCCCN1Cc1ccccc1. The van der Waals surface area contributed by atoms with Gasteiger partial charge in [0.1, 0.15) is 0 Å². The zero-order chi connectivity index (χ0) is 15.9. The van der Waals surface area contributed by atoms with E-state index in [4.69, 9.17) is 0 Å². The summed E-state index contributed by atoms with van der Waals surface area (Å²) in [5.41, 5.74) is 2.63. The Morgan fingerprint density at radius 3 is 2.72 bits per heavy atom. The van der Waals surface area contributed by atoms with Gasteiger partial charge in [-0.05, 0) is 37.9 Å². The summed E-state index contributed by atoms with van der Waals surface area (Å²) in [7, 11) is 0. The second kappa shape index (κ2) is 11.5. The van der Waals surface area contributed by atoms with Gasteiger partial charge in [0, 0.05) is 19.6 Å². The van der Waals surface area contributed by atoms with Crippen LogP contribution >= 0.6 is 24.8 Å². The molecule has 1 unspecified atom stereocenters. The maximum absolute atomic E-state index is 12.6. The van der Waals surface area contributed by atoms with Crippen LogP contribution in [0.2, 0.25) is 0 Å². The van der Waals surface area contributed by atoms with Gasteiger partial charge in [0.15, 0.2) is 0 Å². The van der Waals surface area contributed by atoms with Crippen LogP contribution in [0.3, 0.4) is 0 Å². The molecule has 1 amide bonds. The Kier molecular flexibility index (Phi) is 10.1. The molecule has 1 aromatic rings. The summed E-state index contributed by atoms with van der Waals surface area (Å²) in [6, 6.07) is 10.5. The van der Waals surface area contributed by atoms with Crippen LogP contribution in [0.5, 0.6) is 0 Å². The van der Waals surface area contributed by atoms with Crippen LogP contribution in [-0.2, 0) is 11.3 Å². The van der Waals surface area contributed by atoms with E-state index in [0.29, 0.717) is 6.54 Å². The summed E-state index contributed by atoms with van der Waals surface area (Å²) in [6.07, 6.45) is 6.55. The number of nitrogens with one attached hydrogen (secondary N) is 2. The summed E-state index contributed by atoms with van der Waals surface area (Å²) in [5, 5.41) is 6.46. The van der Waals surface area contributed by atoms with Crippen molar-refractivity contribution in [1.29, 1.82) is 0 Å². The molecule has 4 nitrogen and oxygen atoms in total. The zero-order valence-corrected chi connectivity index (χ0v) is 16.2. The van der Waals surface area contributed by atoms with E-state index in [0.717, 1.165) is 45.4 Å². The number of hydrogen-bond acceptors (Lipinski definition) is 3. The van der Waals surface area contributed by atoms with E-state index >= 15 is 0 Å². The molecule has 25 heavy (non-hydrogen) atoms. The second-order valence-electron chi connectivity index (χ2n) is 6.50. The monoisotopic (exact) mass is 385 g/mol. The van der Waals surface area contributed by atoms with Crippen molar-refractivity contribution in [2.45, 2.75) is 38.3 Å². The fourth-order valence-corrected chi connectivity index (χ4v) is 3.44. The van der Waals surface area contributed by atoms with E-state index in [2.05, 4.69) is 45.9 Å². The van der Waals surface area contributed by atoms with Crippen LogP contribution in [0, 0.1) is 0 Å². The fourth-order valence-electron chi connectivity index (χ4n) is 3.44. The molecule has 2 heterocycles. The smallest absolute Gasteiger partial charge is 0.237 e. The van der Waals surface area contributed by atoms with E-state index < -0.39 is 0 Å². The maximum atomic E-state index is 12.6. The number of hydrogen-bond donors (Lipinski definition) is 2. The molecule has 0 radical (unpaired) electrons. The minimum absolute atomic E-state index is 0. The van der Waals surface area contributed by atoms with Crippen molar-refractivity contribution < 1.29 is 4.79 Å². The molecule has 1 atom stereocenters. The summed E-state index contributed by atoms with van der Waals surface area (Å²) < 4.78 is 0. The normalized spacial score (nSPS) is 20.6. The van der Waals surface area contributed by atoms with Crippen molar-refractivity contribution in [3.63, 3.8) is 0 Å². The Bertz CT molecular complexity index is 551. The molecular weight excluding hydrogens is 357 g/mol. The predicted octanol–water partition coefficient (Wildman–Crippen LogP) is 2.92. The van der Waals surface area contributed by atoms with Gasteiger partial charge in [-0.25, -0.2) is 0 Å². The van der Waals surface area contributed by atoms with Gasteiger partial charge in [-0.3, -0.25) is 9.69 Å². The third-order valence-electron chi connectivity index (χ3n) is 4.79. The third-order valence-corrected chi connectivity index (χ3v) is 4.79. The Morgan fingerprint density at radius 1 is 1.20 bits per heavy atom. The van der Waals surface area contributed by atoms with Gasteiger partial charge in [0.05, 0.1) is 6.04 Å². The van der Waals surface area contributed by atoms with E-state index in [1.54, 1.807) is 0 Å². The largest absolute Gasteiger partial charge is 0.351 e. The highest BCUT2D eigenvalue weighted by Gasteiger charge is 2.28.